The van der Waals surface area contributed by atoms with Gasteiger partial charge in [0.1, 0.15) is 18.3 Å². The molecule has 0 spiro atoms. The minimum Gasteiger partial charge on any atom is -0.444 e. The van der Waals surface area contributed by atoms with Crippen molar-refractivity contribution in [3.8, 4) is 0 Å². The predicted molar refractivity (Wildman–Crippen MR) is 98.1 cm³/mol. The quantitative estimate of drug-likeness (QED) is 0.480. The fraction of sp³-hybridized carbons (Fsp3) is 0.632. The van der Waals surface area contributed by atoms with Gasteiger partial charge in [0, 0.05) is 13.5 Å². The van der Waals surface area contributed by atoms with Gasteiger partial charge in [-0.25, -0.2) is 9.97 Å². The van der Waals surface area contributed by atoms with Crippen molar-refractivity contribution in [1.29, 1.82) is 0 Å². The number of unbranched alkanes of at least 4 members (excludes halogenated alkanes) is 2. The highest BCUT2D eigenvalue weighted by molar-refractivity contribution is 5.91. The zero-order chi connectivity index (χ0) is 19.1. The van der Waals surface area contributed by atoms with Crippen LogP contribution in [0.15, 0.2) is 27.5 Å². The second-order valence-electron chi connectivity index (χ2n) is 6.93. The Balaban J connectivity index is 1.40. The lowest BCUT2D eigenvalue weighted by atomic mass is 9.95. The van der Waals surface area contributed by atoms with Crippen molar-refractivity contribution in [2.75, 3.05) is 13.7 Å². The zero-order valence-corrected chi connectivity index (χ0v) is 15.7. The molecule has 2 aromatic heterocycles. The van der Waals surface area contributed by atoms with E-state index in [0.29, 0.717) is 12.3 Å². The maximum absolute atomic E-state index is 11.8. The number of piperidine rings is 1. The molecule has 0 bridgehead atoms. The molecule has 1 saturated heterocycles. The Morgan fingerprint density at radius 1 is 1.41 bits per heavy atom. The van der Waals surface area contributed by atoms with Gasteiger partial charge in [0.2, 0.25) is 11.7 Å². The molecule has 1 aliphatic heterocycles. The van der Waals surface area contributed by atoms with Gasteiger partial charge >= 0.3 is 0 Å². The predicted octanol–water partition coefficient (Wildman–Crippen LogP) is 2.94. The fourth-order valence-corrected chi connectivity index (χ4v) is 3.46. The van der Waals surface area contributed by atoms with Gasteiger partial charge in [0.15, 0.2) is 0 Å². The minimum atomic E-state index is -0.237. The Kier molecular flexibility index (Phi) is 7.14. The number of nitrogens with zero attached hydrogens (tertiary/aromatic N) is 2. The van der Waals surface area contributed by atoms with E-state index in [1.165, 1.54) is 12.5 Å². The van der Waals surface area contributed by atoms with Crippen molar-refractivity contribution in [3.05, 3.63) is 36.2 Å². The van der Waals surface area contributed by atoms with E-state index in [0.717, 1.165) is 50.8 Å². The number of carbonyl (C=O) groups is 1. The van der Waals surface area contributed by atoms with Crippen LogP contribution in [0.2, 0.25) is 0 Å². The minimum absolute atomic E-state index is 0.0445. The summed E-state index contributed by atoms with van der Waals surface area (Å²) in [4.78, 5) is 20.0. The molecule has 3 rings (SSSR count). The fourth-order valence-electron chi connectivity index (χ4n) is 3.46. The highest BCUT2D eigenvalue weighted by Gasteiger charge is 2.29. The van der Waals surface area contributed by atoms with Crippen LogP contribution in [0.3, 0.4) is 0 Å². The van der Waals surface area contributed by atoms with Crippen molar-refractivity contribution in [3.63, 3.8) is 0 Å². The van der Waals surface area contributed by atoms with Crippen LogP contribution in [0.5, 0.6) is 0 Å². The van der Waals surface area contributed by atoms with Gasteiger partial charge in [0.05, 0.1) is 24.4 Å². The molecule has 1 fully saturated rings. The van der Waals surface area contributed by atoms with Crippen LogP contribution in [0, 0.1) is 0 Å². The van der Waals surface area contributed by atoms with Crippen LogP contribution in [-0.4, -0.2) is 35.6 Å². The second-order valence-corrected chi connectivity index (χ2v) is 6.93. The number of rotatable bonds is 10. The van der Waals surface area contributed by atoms with Gasteiger partial charge in [-0.2, -0.15) is 0 Å². The molecule has 8 nitrogen and oxygen atoms in total. The number of aromatic nitrogens is 2. The van der Waals surface area contributed by atoms with E-state index in [2.05, 4.69) is 15.3 Å². The second kappa shape index (κ2) is 9.77. The number of hydrogen-bond donors (Lipinski definition) is 2. The number of hydrogen-bond acceptors (Lipinski definition) is 8. The summed E-state index contributed by atoms with van der Waals surface area (Å²) in [5.74, 6) is 1.69. The first-order valence-electron chi connectivity index (χ1n) is 9.59. The first-order chi connectivity index (χ1) is 13.2. The standard InChI is InChI=1S/C19H28N4O4/c1-25-17-13(6-5-9-21-17)16-12-23-18(27-16)14(20)7-3-2-4-8-15(24)19-22-10-11-26-19/h10-14,17,21H,2-9,20H2,1H3/t13-,14-,17-/m0/s1. The number of nitrogens with two attached hydrogens (primary N) is 1. The van der Waals surface area contributed by atoms with Gasteiger partial charge in [0.25, 0.3) is 5.89 Å². The molecule has 1 aliphatic rings. The van der Waals surface area contributed by atoms with E-state index in [4.69, 9.17) is 19.3 Å². The van der Waals surface area contributed by atoms with E-state index < -0.39 is 0 Å². The average Bonchev–Trinajstić information content (AvgIpc) is 3.39. The summed E-state index contributed by atoms with van der Waals surface area (Å²) in [5.41, 5.74) is 6.23. The number of ketones is 1. The van der Waals surface area contributed by atoms with Gasteiger partial charge in [-0.05, 0) is 32.2 Å². The molecule has 0 aromatic carbocycles. The molecule has 8 heteroatoms. The lowest BCUT2D eigenvalue weighted by Crippen LogP contribution is -2.41. The molecule has 0 saturated carbocycles. The summed E-state index contributed by atoms with van der Waals surface area (Å²) >= 11 is 0. The Morgan fingerprint density at radius 2 is 2.30 bits per heavy atom. The molecule has 27 heavy (non-hydrogen) atoms. The molecule has 0 aliphatic carbocycles. The molecular weight excluding hydrogens is 348 g/mol. The number of oxazole rings is 2. The summed E-state index contributed by atoms with van der Waals surface area (Å²) in [5, 5.41) is 3.34. The molecule has 2 aromatic rings. The third kappa shape index (κ3) is 5.24. The van der Waals surface area contributed by atoms with Crippen molar-refractivity contribution in [2.45, 2.75) is 63.1 Å². The summed E-state index contributed by atoms with van der Waals surface area (Å²) in [7, 11) is 1.70. The summed E-state index contributed by atoms with van der Waals surface area (Å²) in [6.07, 6.45) is 10.5. The van der Waals surface area contributed by atoms with Crippen LogP contribution in [0.1, 0.15) is 79.2 Å². The van der Waals surface area contributed by atoms with Crippen molar-refractivity contribution >= 4 is 5.78 Å². The molecule has 3 atom stereocenters. The zero-order valence-electron chi connectivity index (χ0n) is 15.7. The van der Waals surface area contributed by atoms with E-state index >= 15 is 0 Å². The van der Waals surface area contributed by atoms with Crippen LogP contribution >= 0.6 is 0 Å². The highest BCUT2D eigenvalue weighted by Crippen LogP contribution is 2.30. The first kappa shape index (κ1) is 19.7. The van der Waals surface area contributed by atoms with Crippen LogP contribution in [0.25, 0.3) is 0 Å². The van der Waals surface area contributed by atoms with E-state index in [1.807, 2.05) is 0 Å². The molecule has 148 valence electrons. The molecule has 0 unspecified atom stereocenters. The molecule has 3 heterocycles. The topological polar surface area (TPSA) is 116 Å². The summed E-state index contributed by atoms with van der Waals surface area (Å²) in [6.45, 7) is 0.952. The molecule has 0 amide bonds. The van der Waals surface area contributed by atoms with Gasteiger partial charge in [-0.15, -0.1) is 0 Å². The molecular formula is C19H28N4O4. The number of nitrogens with one attached hydrogen (secondary N) is 1. The maximum atomic E-state index is 11.8. The Bertz CT molecular complexity index is 700. The lowest BCUT2D eigenvalue weighted by Gasteiger charge is -2.29. The Hall–Kier alpha value is -2.03. The van der Waals surface area contributed by atoms with Crippen molar-refractivity contribution in [2.24, 2.45) is 5.73 Å². The SMILES string of the molecule is CO[C@@H]1NCCC[C@H]1c1cnc([C@@H](N)CCCCCC(=O)c2ncco2)o1. The number of Topliss-reactive ketones (excluding diaryl/α,β-unsaturated/α-hetero) is 1. The normalized spacial score (nSPS) is 21.3. The summed E-state index contributed by atoms with van der Waals surface area (Å²) in [6, 6.07) is -0.237. The monoisotopic (exact) mass is 376 g/mol. The first-order valence-corrected chi connectivity index (χ1v) is 9.59. The van der Waals surface area contributed by atoms with E-state index in [-0.39, 0.29) is 29.9 Å². The van der Waals surface area contributed by atoms with E-state index in [9.17, 15) is 4.79 Å². The van der Waals surface area contributed by atoms with E-state index in [1.54, 1.807) is 13.3 Å². The van der Waals surface area contributed by atoms with Gasteiger partial charge < -0.3 is 19.3 Å². The van der Waals surface area contributed by atoms with Crippen LogP contribution in [-0.2, 0) is 4.74 Å². The lowest BCUT2D eigenvalue weighted by molar-refractivity contribution is 0.0275. The third-order valence-electron chi connectivity index (χ3n) is 4.97. The Labute approximate surface area is 158 Å². The highest BCUT2D eigenvalue weighted by atomic mass is 16.5. The Morgan fingerprint density at radius 3 is 3.07 bits per heavy atom. The maximum Gasteiger partial charge on any atom is 0.263 e. The van der Waals surface area contributed by atoms with Gasteiger partial charge in [-0.1, -0.05) is 12.8 Å². The van der Waals surface area contributed by atoms with Crippen molar-refractivity contribution < 1.29 is 18.4 Å². The third-order valence-corrected chi connectivity index (χ3v) is 4.97. The number of ether oxygens (including phenoxy) is 1. The average molecular weight is 376 g/mol. The summed E-state index contributed by atoms with van der Waals surface area (Å²) < 4.78 is 16.4. The number of methoxy groups -OCH3 is 1. The van der Waals surface area contributed by atoms with Gasteiger partial charge in [-0.3, -0.25) is 10.1 Å². The smallest absolute Gasteiger partial charge is 0.263 e. The molecule has 3 N–H and O–H groups in total. The number of carbonyl (C=O) groups excluding carboxylic acids is 1. The van der Waals surface area contributed by atoms with Crippen molar-refractivity contribution in [1.82, 2.24) is 15.3 Å². The van der Waals surface area contributed by atoms with Crippen LogP contribution < -0.4 is 11.1 Å². The largest absolute Gasteiger partial charge is 0.444 e. The molecule has 0 radical (unpaired) electrons. The van der Waals surface area contributed by atoms with Crippen LogP contribution in [0.4, 0.5) is 0 Å².